The minimum atomic E-state index is -0.00304. The first-order valence-electron chi connectivity index (χ1n) is 8.43. The SMILES string of the molecule is Nn1c(-c2ccccc2CO)cc2cccc(C3CCCC3Cl)c21. The van der Waals surface area contributed by atoms with Crippen LogP contribution in [0.25, 0.3) is 22.2 Å². The molecule has 1 saturated carbocycles. The minimum Gasteiger partial charge on any atom is -0.392 e. The Hall–Kier alpha value is -1.97. The Morgan fingerprint density at radius 1 is 1.12 bits per heavy atom. The zero-order valence-corrected chi connectivity index (χ0v) is 14.2. The second-order valence-electron chi connectivity index (χ2n) is 6.55. The van der Waals surface area contributed by atoms with Gasteiger partial charge in [0.1, 0.15) is 0 Å². The lowest BCUT2D eigenvalue weighted by Gasteiger charge is -2.17. The number of benzene rings is 2. The Morgan fingerprint density at radius 3 is 2.71 bits per heavy atom. The maximum absolute atomic E-state index is 9.64. The van der Waals surface area contributed by atoms with Crippen molar-refractivity contribution in [2.24, 2.45) is 0 Å². The number of nitrogens with zero attached hydrogens (tertiary/aromatic N) is 1. The van der Waals surface area contributed by atoms with Gasteiger partial charge in [-0.3, -0.25) is 4.68 Å². The second-order valence-corrected chi connectivity index (χ2v) is 7.11. The summed E-state index contributed by atoms with van der Waals surface area (Å²) in [4.78, 5) is 0. The van der Waals surface area contributed by atoms with Crippen LogP contribution < -0.4 is 5.84 Å². The number of hydrogen-bond donors (Lipinski definition) is 2. The number of alkyl halides is 1. The molecule has 24 heavy (non-hydrogen) atoms. The molecule has 1 aromatic heterocycles. The molecule has 124 valence electrons. The van der Waals surface area contributed by atoms with Crippen LogP contribution in [-0.2, 0) is 6.61 Å². The van der Waals surface area contributed by atoms with Crippen LogP contribution in [0.2, 0.25) is 0 Å². The summed E-state index contributed by atoms with van der Waals surface area (Å²) < 4.78 is 1.76. The summed E-state index contributed by atoms with van der Waals surface area (Å²) in [6.07, 6.45) is 3.34. The number of nitrogens with two attached hydrogens (primary N) is 1. The summed E-state index contributed by atoms with van der Waals surface area (Å²) in [7, 11) is 0. The fraction of sp³-hybridized carbons (Fsp3) is 0.300. The molecule has 0 spiro atoms. The van der Waals surface area contributed by atoms with Crippen molar-refractivity contribution in [2.45, 2.75) is 37.2 Å². The molecule has 3 nitrogen and oxygen atoms in total. The van der Waals surface area contributed by atoms with Gasteiger partial charge in [0.05, 0.1) is 17.8 Å². The molecule has 4 rings (SSSR count). The first kappa shape index (κ1) is 15.6. The molecule has 3 aromatic rings. The number of hydrogen-bond acceptors (Lipinski definition) is 2. The number of nitrogen functional groups attached to an aromatic ring is 1. The number of aliphatic hydroxyl groups excluding tert-OH is 1. The average molecular weight is 341 g/mol. The van der Waals surface area contributed by atoms with E-state index in [9.17, 15) is 5.11 Å². The molecule has 1 fully saturated rings. The summed E-state index contributed by atoms with van der Waals surface area (Å²) in [5, 5.41) is 10.9. The highest BCUT2D eigenvalue weighted by atomic mass is 35.5. The quantitative estimate of drug-likeness (QED) is 0.549. The van der Waals surface area contributed by atoms with Crippen LogP contribution in [0.5, 0.6) is 0 Å². The monoisotopic (exact) mass is 340 g/mol. The highest BCUT2D eigenvalue weighted by Gasteiger charge is 2.29. The van der Waals surface area contributed by atoms with Gasteiger partial charge in [-0.1, -0.05) is 48.9 Å². The van der Waals surface area contributed by atoms with E-state index >= 15 is 0 Å². The number of rotatable bonds is 3. The van der Waals surface area contributed by atoms with Crippen LogP contribution >= 0.6 is 11.6 Å². The van der Waals surface area contributed by atoms with Crippen molar-refractivity contribution in [3.63, 3.8) is 0 Å². The third-order valence-electron chi connectivity index (χ3n) is 5.19. The number of aliphatic hydroxyl groups is 1. The largest absolute Gasteiger partial charge is 0.392 e. The van der Waals surface area contributed by atoms with Gasteiger partial charge in [-0.2, -0.15) is 0 Å². The normalized spacial score (nSPS) is 20.8. The standard InChI is InChI=1S/C20H21ClN2O/c21-18-10-4-8-16(18)17-9-3-6-13-11-19(23(22)20(13)17)15-7-2-1-5-14(15)12-24/h1-3,5-7,9,11,16,18,24H,4,8,10,12,22H2. The van der Waals surface area contributed by atoms with Gasteiger partial charge < -0.3 is 10.9 Å². The summed E-state index contributed by atoms with van der Waals surface area (Å²) >= 11 is 6.55. The van der Waals surface area contributed by atoms with E-state index in [1.54, 1.807) is 4.68 Å². The highest BCUT2D eigenvalue weighted by molar-refractivity contribution is 6.21. The van der Waals surface area contributed by atoms with Gasteiger partial charge in [-0.15, -0.1) is 11.6 Å². The molecule has 3 N–H and O–H groups in total. The Morgan fingerprint density at radius 2 is 1.96 bits per heavy atom. The molecule has 0 aliphatic heterocycles. The predicted molar refractivity (Wildman–Crippen MR) is 99.7 cm³/mol. The van der Waals surface area contributed by atoms with Crippen LogP contribution in [0.1, 0.15) is 36.3 Å². The maximum atomic E-state index is 9.64. The van der Waals surface area contributed by atoms with Crippen molar-refractivity contribution >= 4 is 22.5 Å². The zero-order chi connectivity index (χ0) is 16.7. The second kappa shape index (κ2) is 6.15. The lowest BCUT2D eigenvalue weighted by atomic mass is 9.95. The predicted octanol–water partition coefficient (Wildman–Crippen LogP) is 4.39. The number of aromatic nitrogens is 1. The van der Waals surface area contributed by atoms with Crippen molar-refractivity contribution in [2.75, 3.05) is 5.84 Å². The van der Waals surface area contributed by atoms with Crippen molar-refractivity contribution in [1.29, 1.82) is 0 Å². The first-order chi connectivity index (χ1) is 11.7. The van der Waals surface area contributed by atoms with Gasteiger partial charge in [0.25, 0.3) is 0 Å². The van der Waals surface area contributed by atoms with Crippen molar-refractivity contribution < 1.29 is 5.11 Å². The Bertz CT molecular complexity index is 886. The molecule has 1 aliphatic rings. The van der Waals surface area contributed by atoms with E-state index in [2.05, 4.69) is 24.3 Å². The Kier molecular flexibility index (Phi) is 3.99. The molecule has 0 bridgehead atoms. The van der Waals surface area contributed by atoms with E-state index in [-0.39, 0.29) is 12.0 Å². The van der Waals surface area contributed by atoms with Crippen LogP contribution in [0.4, 0.5) is 0 Å². The fourth-order valence-electron chi connectivity index (χ4n) is 3.99. The molecular weight excluding hydrogens is 320 g/mol. The van der Waals surface area contributed by atoms with Gasteiger partial charge in [-0.05, 0) is 30.0 Å². The smallest absolute Gasteiger partial charge is 0.0732 e. The van der Waals surface area contributed by atoms with Crippen molar-refractivity contribution in [1.82, 2.24) is 4.68 Å². The number of fused-ring (bicyclic) bond motifs is 1. The Labute approximate surface area is 146 Å². The molecule has 4 heteroatoms. The van der Waals surface area contributed by atoms with E-state index < -0.39 is 0 Å². The maximum Gasteiger partial charge on any atom is 0.0732 e. The van der Waals surface area contributed by atoms with Crippen LogP contribution in [-0.4, -0.2) is 15.2 Å². The Balaban J connectivity index is 1.92. The average Bonchev–Trinajstić information content (AvgIpc) is 3.18. The van der Waals surface area contributed by atoms with E-state index in [0.29, 0.717) is 5.92 Å². The number of halogens is 1. The molecule has 0 radical (unpaired) electrons. The van der Waals surface area contributed by atoms with Gasteiger partial charge >= 0.3 is 0 Å². The van der Waals surface area contributed by atoms with Crippen LogP contribution in [0.15, 0.2) is 48.5 Å². The number of para-hydroxylation sites is 1. The van der Waals surface area contributed by atoms with Gasteiger partial charge in [-0.25, -0.2) is 0 Å². The summed E-state index contributed by atoms with van der Waals surface area (Å²) in [6, 6.07) is 16.3. The van der Waals surface area contributed by atoms with Crippen molar-refractivity contribution in [3.05, 3.63) is 59.7 Å². The molecule has 1 heterocycles. The lowest BCUT2D eigenvalue weighted by molar-refractivity contribution is 0.282. The molecule has 1 aliphatic carbocycles. The topological polar surface area (TPSA) is 51.2 Å². The first-order valence-corrected chi connectivity index (χ1v) is 8.87. The van der Waals surface area contributed by atoms with E-state index in [1.165, 1.54) is 12.0 Å². The minimum absolute atomic E-state index is 0.00304. The van der Waals surface area contributed by atoms with E-state index in [4.69, 9.17) is 17.4 Å². The molecule has 2 atom stereocenters. The van der Waals surface area contributed by atoms with Crippen LogP contribution in [0, 0.1) is 0 Å². The van der Waals surface area contributed by atoms with Crippen molar-refractivity contribution in [3.8, 4) is 11.3 Å². The molecular formula is C20H21ClN2O. The van der Waals surface area contributed by atoms with Gasteiger partial charge in [0.2, 0.25) is 0 Å². The summed E-state index contributed by atoms with van der Waals surface area (Å²) in [6.45, 7) is -0.00304. The molecule has 2 aromatic carbocycles. The van der Waals surface area contributed by atoms with Gasteiger partial charge in [0.15, 0.2) is 0 Å². The van der Waals surface area contributed by atoms with E-state index in [1.807, 2.05) is 24.3 Å². The third-order valence-corrected chi connectivity index (χ3v) is 5.71. The molecule has 0 saturated heterocycles. The lowest BCUT2D eigenvalue weighted by Crippen LogP contribution is -2.14. The third kappa shape index (κ3) is 2.40. The molecule has 2 unspecified atom stereocenters. The molecule has 0 amide bonds. The highest BCUT2D eigenvalue weighted by Crippen LogP contribution is 2.42. The van der Waals surface area contributed by atoms with Gasteiger partial charge in [0, 0.05) is 22.2 Å². The zero-order valence-electron chi connectivity index (χ0n) is 13.5. The van der Waals surface area contributed by atoms with E-state index in [0.717, 1.165) is 40.6 Å². The van der Waals surface area contributed by atoms with Crippen LogP contribution in [0.3, 0.4) is 0 Å². The fourth-order valence-corrected chi connectivity index (χ4v) is 4.41. The summed E-state index contributed by atoms with van der Waals surface area (Å²) in [5.74, 6) is 6.86. The summed E-state index contributed by atoms with van der Waals surface area (Å²) in [5.41, 5.74) is 5.06.